The average molecular weight is 290 g/mol. The van der Waals surface area contributed by atoms with E-state index in [1.54, 1.807) is 0 Å². The van der Waals surface area contributed by atoms with E-state index in [1.807, 2.05) is 6.92 Å². The summed E-state index contributed by atoms with van der Waals surface area (Å²) in [7, 11) is 0. The van der Waals surface area contributed by atoms with E-state index < -0.39 is 0 Å². The Morgan fingerprint density at radius 3 is 2.15 bits per heavy atom. The Labute approximate surface area is 125 Å². The largest absolute Gasteiger partial charge is 0.340 e. The highest BCUT2D eigenvalue weighted by molar-refractivity contribution is 6.30. The fraction of sp³-hybridized carbons (Fsp3) is 0.375. The SMILES string of the molecule is Cc1cc(C)cc(Nc2nc(C(C)C)nc(Cl)c2C)c1. The van der Waals surface area contributed by atoms with Crippen molar-refractivity contribution in [3.63, 3.8) is 0 Å². The molecule has 20 heavy (non-hydrogen) atoms. The minimum atomic E-state index is 0.243. The molecule has 4 heteroatoms. The van der Waals surface area contributed by atoms with Crippen molar-refractivity contribution in [2.45, 2.75) is 40.5 Å². The van der Waals surface area contributed by atoms with Gasteiger partial charge in [0.1, 0.15) is 16.8 Å². The number of aryl methyl sites for hydroxylation is 2. The number of aromatic nitrogens is 2. The van der Waals surface area contributed by atoms with Crippen LogP contribution in [0, 0.1) is 20.8 Å². The molecule has 0 atom stereocenters. The van der Waals surface area contributed by atoms with Crippen molar-refractivity contribution in [1.82, 2.24) is 9.97 Å². The summed E-state index contributed by atoms with van der Waals surface area (Å²) in [6, 6.07) is 6.33. The molecule has 0 amide bonds. The zero-order valence-corrected chi connectivity index (χ0v) is 13.3. The van der Waals surface area contributed by atoms with Gasteiger partial charge in [0.25, 0.3) is 0 Å². The van der Waals surface area contributed by atoms with Gasteiger partial charge in [-0.3, -0.25) is 0 Å². The van der Waals surface area contributed by atoms with Gasteiger partial charge in [0.15, 0.2) is 0 Å². The monoisotopic (exact) mass is 289 g/mol. The molecule has 0 aliphatic rings. The van der Waals surface area contributed by atoms with Crippen LogP contribution in [-0.4, -0.2) is 9.97 Å². The van der Waals surface area contributed by atoms with Gasteiger partial charge >= 0.3 is 0 Å². The topological polar surface area (TPSA) is 37.8 Å². The van der Waals surface area contributed by atoms with Crippen LogP contribution in [0.15, 0.2) is 18.2 Å². The molecular formula is C16H20ClN3. The summed E-state index contributed by atoms with van der Waals surface area (Å²) in [5, 5.41) is 3.86. The molecule has 1 aromatic heterocycles. The number of nitrogens with one attached hydrogen (secondary N) is 1. The molecule has 0 aliphatic carbocycles. The van der Waals surface area contributed by atoms with Gasteiger partial charge < -0.3 is 5.32 Å². The number of hydrogen-bond donors (Lipinski definition) is 1. The fourth-order valence-corrected chi connectivity index (χ4v) is 2.25. The zero-order chi connectivity index (χ0) is 14.9. The van der Waals surface area contributed by atoms with Gasteiger partial charge in [-0.15, -0.1) is 0 Å². The number of rotatable bonds is 3. The van der Waals surface area contributed by atoms with Gasteiger partial charge in [-0.05, 0) is 44.0 Å². The molecule has 2 aromatic rings. The highest BCUT2D eigenvalue weighted by Gasteiger charge is 2.12. The zero-order valence-electron chi connectivity index (χ0n) is 12.6. The van der Waals surface area contributed by atoms with Gasteiger partial charge in [-0.2, -0.15) is 0 Å². The molecule has 0 spiro atoms. The van der Waals surface area contributed by atoms with Crippen LogP contribution in [0.25, 0.3) is 0 Å². The smallest absolute Gasteiger partial charge is 0.138 e. The molecule has 1 heterocycles. The Kier molecular flexibility index (Phi) is 4.29. The Bertz CT molecular complexity index is 616. The maximum Gasteiger partial charge on any atom is 0.138 e. The van der Waals surface area contributed by atoms with Crippen molar-refractivity contribution in [1.29, 1.82) is 0 Å². The summed E-state index contributed by atoms with van der Waals surface area (Å²) < 4.78 is 0. The highest BCUT2D eigenvalue weighted by atomic mass is 35.5. The van der Waals surface area contributed by atoms with Crippen molar-refractivity contribution in [2.24, 2.45) is 0 Å². The maximum absolute atomic E-state index is 6.20. The first-order valence-electron chi connectivity index (χ1n) is 6.76. The van der Waals surface area contributed by atoms with Crippen LogP contribution in [0.5, 0.6) is 0 Å². The van der Waals surface area contributed by atoms with E-state index in [0.717, 1.165) is 22.9 Å². The van der Waals surface area contributed by atoms with Crippen molar-refractivity contribution in [3.8, 4) is 0 Å². The lowest BCUT2D eigenvalue weighted by Gasteiger charge is -2.13. The molecule has 2 rings (SSSR count). The lowest BCUT2D eigenvalue weighted by atomic mass is 10.1. The van der Waals surface area contributed by atoms with E-state index in [0.29, 0.717) is 5.15 Å². The van der Waals surface area contributed by atoms with Crippen LogP contribution in [0.2, 0.25) is 5.15 Å². The van der Waals surface area contributed by atoms with Gasteiger partial charge in [0.2, 0.25) is 0 Å². The van der Waals surface area contributed by atoms with Crippen LogP contribution >= 0.6 is 11.6 Å². The Balaban J connectivity index is 2.42. The van der Waals surface area contributed by atoms with Crippen molar-refractivity contribution >= 4 is 23.1 Å². The predicted octanol–water partition coefficient (Wildman–Crippen LogP) is 4.92. The summed E-state index contributed by atoms with van der Waals surface area (Å²) in [5.41, 5.74) is 4.33. The number of nitrogens with zero attached hydrogens (tertiary/aromatic N) is 2. The third-order valence-electron chi connectivity index (χ3n) is 3.10. The van der Waals surface area contributed by atoms with Crippen LogP contribution in [0.4, 0.5) is 11.5 Å². The highest BCUT2D eigenvalue weighted by Crippen LogP contribution is 2.26. The van der Waals surface area contributed by atoms with Gasteiger partial charge in [0, 0.05) is 17.2 Å². The van der Waals surface area contributed by atoms with E-state index in [4.69, 9.17) is 11.6 Å². The van der Waals surface area contributed by atoms with Crippen LogP contribution < -0.4 is 5.32 Å². The lowest BCUT2D eigenvalue weighted by molar-refractivity contribution is 0.773. The maximum atomic E-state index is 6.20. The van der Waals surface area contributed by atoms with Gasteiger partial charge in [-0.25, -0.2) is 9.97 Å². The molecule has 0 radical (unpaired) electrons. The number of anilines is 2. The summed E-state index contributed by atoms with van der Waals surface area (Å²) in [6.45, 7) is 10.2. The number of benzene rings is 1. The molecule has 0 unspecified atom stereocenters. The molecule has 0 saturated carbocycles. The molecule has 1 N–H and O–H groups in total. The summed E-state index contributed by atoms with van der Waals surface area (Å²) >= 11 is 6.20. The minimum Gasteiger partial charge on any atom is -0.340 e. The minimum absolute atomic E-state index is 0.243. The summed E-state index contributed by atoms with van der Waals surface area (Å²) in [5.74, 6) is 1.78. The number of hydrogen-bond acceptors (Lipinski definition) is 3. The van der Waals surface area contributed by atoms with Crippen LogP contribution in [-0.2, 0) is 0 Å². The molecule has 1 aromatic carbocycles. The molecular weight excluding hydrogens is 270 g/mol. The molecule has 0 saturated heterocycles. The van der Waals surface area contributed by atoms with Crippen molar-refractivity contribution < 1.29 is 0 Å². The second-order valence-electron chi connectivity index (χ2n) is 5.50. The van der Waals surface area contributed by atoms with E-state index in [2.05, 4.69) is 61.2 Å². The average Bonchev–Trinajstić information content (AvgIpc) is 2.33. The van der Waals surface area contributed by atoms with Crippen LogP contribution in [0.1, 0.15) is 42.3 Å². The van der Waals surface area contributed by atoms with Crippen molar-refractivity contribution in [2.75, 3.05) is 5.32 Å². The number of halogens is 1. The predicted molar refractivity (Wildman–Crippen MR) is 85.1 cm³/mol. The second kappa shape index (κ2) is 5.80. The molecule has 0 fully saturated rings. The molecule has 106 valence electrons. The quantitative estimate of drug-likeness (QED) is 0.815. The van der Waals surface area contributed by atoms with E-state index in [9.17, 15) is 0 Å². The molecule has 3 nitrogen and oxygen atoms in total. The Morgan fingerprint density at radius 2 is 1.60 bits per heavy atom. The lowest BCUT2D eigenvalue weighted by Crippen LogP contribution is -2.05. The second-order valence-corrected chi connectivity index (χ2v) is 5.86. The van der Waals surface area contributed by atoms with E-state index in [1.165, 1.54) is 11.1 Å². The normalized spacial score (nSPS) is 10.9. The first-order chi connectivity index (χ1) is 9.36. The summed E-state index contributed by atoms with van der Waals surface area (Å²) in [6.07, 6.45) is 0. The first kappa shape index (κ1) is 14.8. The third kappa shape index (κ3) is 3.28. The third-order valence-corrected chi connectivity index (χ3v) is 3.47. The fourth-order valence-electron chi connectivity index (χ4n) is 2.07. The van der Waals surface area contributed by atoms with Crippen LogP contribution in [0.3, 0.4) is 0 Å². The van der Waals surface area contributed by atoms with Gasteiger partial charge in [-0.1, -0.05) is 31.5 Å². The van der Waals surface area contributed by atoms with E-state index in [-0.39, 0.29) is 5.92 Å². The van der Waals surface area contributed by atoms with E-state index >= 15 is 0 Å². The molecule has 0 aliphatic heterocycles. The summed E-state index contributed by atoms with van der Waals surface area (Å²) in [4.78, 5) is 8.90. The first-order valence-corrected chi connectivity index (χ1v) is 7.14. The molecule has 0 bridgehead atoms. The Morgan fingerprint density at radius 1 is 1.00 bits per heavy atom. The van der Waals surface area contributed by atoms with Gasteiger partial charge in [0.05, 0.1) is 0 Å². The standard InChI is InChI=1S/C16H20ClN3/c1-9(2)15-19-14(17)12(5)16(20-15)18-13-7-10(3)6-11(4)8-13/h6-9H,1-5H3,(H,18,19,20). The Hall–Kier alpha value is -1.61. The van der Waals surface area contributed by atoms with Crippen molar-refractivity contribution in [3.05, 3.63) is 45.9 Å².